The molecule has 0 spiro atoms. The molecule has 0 radical (unpaired) electrons. The van der Waals surface area contributed by atoms with E-state index in [1.54, 1.807) is 36.5 Å². The average molecular weight is 270 g/mol. The van der Waals surface area contributed by atoms with Gasteiger partial charge in [0.1, 0.15) is 5.15 Å². The number of thiol groups is 1. The van der Waals surface area contributed by atoms with Gasteiger partial charge in [-0.3, -0.25) is 0 Å². The summed E-state index contributed by atoms with van der Waals surface area (Å²) in [5, 5.41) is 8.63. The Morgan fingerprint density at radius 1 is 1.35 bits per heavy atom. The molecule has 0 bridgehead atoms. The highest BCUT2D eigenvalue weighted by molar-refractivity contribution is 7.82. The molecule has 1 aromatic heterocycles. The van der Waals surface area contributed by atoms with E-state index in [4.69, 9.17) is 16.7 Å². The van der Waals surface area contributed by atoms with Crippen LogP contribution in [0.5, 0.6) is 0 Å². The number of hydrogen-bond acceptors (Lipinski definition) is 4. The Bertz CT molecular complexity index is 564. The molecule has 1 aromatic carbocycles. The van der Waals surface area contributed by atoms with Gasteiger partial charge in [0.05, 0.1) is 0 Å². The summed E-state index contributed by atoms with van der Waals surface area (Å²) in [5.74, 6) is 0.377. The molecule has 3 N–H and O–H groups in total. The molecular formula is C10H10ClN4OS+. The summed E-state index contributed by atoms with van der Waals surface area (Å²) in [6.45, 7) is 0. The van der Waals surface area contributed by atoms with E-state index in [1.165, 1.54) is 0 Å². The van der Waals surface area contributed by atoms with Gasteiger partial charge in [0.15, 0.2) is 15.9 Å². The van der Waals surface area contributed by atoms with Crippen LogP contribution >= 0.6 is 11.6 Å². The predicted octanol–water partition coefficient (Wildman–Crippen LogP) is 1.80. The molecule has 2 rings (SSSR count). The van der Waals surface area contributed by atoms with Gasteiger partial charge in [-0.25, -0.2) is 9.97 Å². The Balaban J connectivity index is 2.24. The van der Waals surface area contributed by atoms with Crippen LogP contribution in [0.4, 0.5) is 11.6 Å². The summed E-state index contributed by atoms with van der Waals surface area (Å²) < 4.78 is 11.1. The number of hydrogen-bond donors (Lipinski definition) is 2. The van der Waals surface area contributed by atoms with Crippen molar-refractivity contribution in [1.82, 2.24) is 9.97 Å². The lowest BCUT2D eigenvalue weighted by atomic mass is 10.3. The van der Waals surface area contributed by atoms with Crippen LogP contribution in [-0.2, 0) is 15.2 Å². The highest BCUT2D eigenvalue weighted by Gasteiger charge is 2.06. The summed E-state index contributed by atoms with van der Waals surface area (Å²) in [4.78, 5) is 8.54. The van der Waals surface area contributed by atoms with Gasteiger partial charge in [-0.1, -0.05) is 21.9 Å². The van der Waals surface area contributed by atoms with Crippen molar-refractivity contribution in [3.05, 3.63) is 41.7 Å². The maximum absolute atomic E-state index is 11.1. The van der Waals surface area contributed by atoms with Crippen LogP contribution < -0.4 is 10.5 Å². The lowest BCUT2D eigenvalue weighted by Gasteiger charge is -2.04. The first-order chi connectivity index (χ1) is 8.15. The van der Waals surface area contributed by atoms with E-state index in [1.807, 2.05) is 0 Å². The first-order valence-corrected chi connectivity index (χ1v) is 6.43. The topological polar surface area (TPSA) is 80.9 Å². The van der Waals surface area contributed by atoms with Crippen LogP contribution in [-0.4, -0.2) is 9.97 Å². The van der Waals surface area contributed by atoms with Crippen molar-refractivity contribution in [2.24, 2.45) is 5.14 Å². The van der Waals surface area contributed by atoms with Crippen molar-refractivity contribution in [3.8, 4) is 0 Å². The second-order valence-corrected chi connectivity index (χ2v) is 4.76. The van der Waals surface area contributed by atoms with Gasteiger partial charge in [-0.15, -0.1) is 5.14 Å². The van der Waals surface area contributed by atoms with E-state index in [2.05, 4.69) is 15.3 Å². The largest absolute Gasteiger partial charge is 0.324 e. The van der Waals surface area contributed by atoms with Crippen LogP contribution in [0.2, 0.25) is 5.15 Å². The Morgan fingerprint density at radius 2 is 2.18 bits per heavy atom. The second-order valence-electron chi connectivity index (χ2n) is 3.20. The number of anilines is 2. The van der Waals surface area contributed by atoms with Crippen molar-refractivity contribution < 1.29 is 4.21 Å². The monoisotopic (exact) mass is 269 g/mol. The molecule has 88 valence electrons. The quantitative estimate of drug-likeness (QED) is 0.506. The minimum atomic E-state index is -1.85. The zero-order valence-corrected chi connectivity index (χ0v) is 10.3. The number of aromatic nitrogens is 2. The van der Waals surface area contributed by atoms with E-state index in [0.717, 1.165) is 0 Å². The van der Waals surface area contributed by atoms with Crippen molar-refractivity contribution in [3.63, 3.8) is 0 Å². The van der Waals surface area contributed by atoms with Gasteiger partial charge < -0.3 is 5.32 Å². The molecule has 0 fully saturated rings. The molecule has 1 atom stereocenters. The van der Waals surface area contributed by atoms with E-state index in [-0.39, 0.29) is 0 Å². The highest BCUT2D eigenvalue weighted by Crippen LogP contribution is 2.16. The average Bonchev–Trinajstić information content (AvgIpc) is 2.29. The summed E-state index contributed by atoms with van der Waals surface area (Å²) in [7, 11) is -1.85. The molecule has 0 aliphatic carbocycles. The van der Waals surface area contributed by atoms with Crippen molar-refractivity contribution in [2.75, 3.05) is 5.32 Å². The highest BCUT2D eigenvalue weighted by atomic mass is 35.5. The summed E-state index contributed by atoms with van der Waals surface area (Å²) in [6.07, 6.45) is 1.55. The van der Waals surface area contributed by atoms with Crippen LogP contribution in [0.3, 0.4) is 0 Å². The third-order valence-corrected chi connectivity index (χ3v) is 2.98. The lowest BCUT2D eigenvalue weighted by Crippen LogP contribution is -2.02. The zero-order chi connectivity index (χ0) is 12.3. The minimum absolute atomic E-state index is 0.351. The van der Waals surface area contributed by atoms with Crippen molar-refractivity contribution in [2.45, 2.75) is 4.90 Å². The van der Waals surface area contributed by atoms with Gasteiger partial charge in [0.2, 0.25) is 5.95 Å². The third kappa shape index (κ3) is 3.23. The molecule has 7 heteroatoms. The number of benzene rings is 1. The first kappa shape index (κ1) is 12.0. The number of halogens is 1. The lowest BCUT2D eigenvalue weighted by molar-refractivity contribution is 0.596. The van der Waals surface area contributed by atoms with E-state index in [9.17, 15) is 4.21 Å². The molecule has 1 unspecified atom stereocenters. The number of rotatable bonds is 3. The van der Waals surface area contributed by atoms with Gasteiger partial charge in [0.25, 0.3) is 0 Å². The van der Waals surface area contributed by atoms with Gasteiger partial charge >= 0.3 is 0 Å². The normalized spacial score (nSPS) is 12.1. The van der Waals surface area contributed by atoms with E-state index >= 15 is 0 Å². The smallest absolute Gasteiger partial charge is 0.228 e. The number of nitrogens with zero attached hydrogens (tertiary/aromatic N) is 2. The first-order valence-electron chi connectivity index (χ1n) is 4.73. The van der Waals surface area contributed by atoms with Gasteiger partial charge in [-0.2, -0.15) is 0 Å². The van der Waals surface area contributed by atoms with Crippen molar-refractivity contribution in [1.29, 1.82) is 0 Å². The minimum Gasteiger partial charge on any atom is -0.324 e. The van der Waals surface area contributed by atoms with Gasteiger partial charge in [0, 0.05) is 18.0 Å². The molecule has 0 aliphatic heterocycles. The predicted molar refractivity (Wildman–Crippen MR) is 68.7 cm³/mol. The maximum Gasteiger partial charge on any atom is 0.228 e. The molecule has 0 amide bonds. The van der Waals surface area contributed by atoms with Gasteiger partial charge in [-0.05, 0) is 18.2 Å². The summed E-state index contributed by atoms with van der Waals surface area (Å²) in [6, 6.07) is 8.51. The Morgan fingerprint density at radius 3 is 2.88 bits per heavy atom. The third-order valence-electron chi connectivity index (χ3n) is 1.98. The standard InChI is InChI=1S/C10H9ClN4OS/c11-9-4-5-13-10(15-9)14-7-2-1-3-8(6-7)17(12)16/h1-6H,(H2,12,16)(H,13,14,15)/p+1. The molecule has 17 heavy (non-hydrogen) atoms. The molecule has 2 aromatic rings. The summed E-state index contributed by atoms with van der Waals surface area (Å²) >= 11 is 5.73. The molecule has 1 heterocycles. The van der Waals surface area contributed by atoms with Crippen LogP contribution in [0.1, 0.15) is 0 Å². The molecular weight excluding hydrogens is 260 g/mol. The summed E-state index contributed by atoms with van der Waals surface area (Å²) in [5.41, 5.74) is 0.707. The zero-order valence-electron chi connectivity index (χ0n) is 8.67. The van der Waals surface area contributed by atoms with Crippen molar-refractivity contribution >= 4 is 34.2 Å². The molecule has 5 nitrogen and oxygen atoms in total. The Hall–Kier alpha value is -1.50. The fourth-order valence-electron chi connectivity index (χ4n) is 1.25. The molecule has 0 saturated carbocycles. The fourth-order valence-corrected chi connectivity index (χ4v) is 1.88. The van der Waals surface area contributed by atoms with Crippen LogP contribution in [0, 0.1) is 0 Å². The Kier molecular flexibility index (Phi) is 3.68. The second kappa shape index (κ2) is 5.22. The van der Waals surface area contributed by atoms with E-state index < -0.39 is 11.0 Å². The molecule has 0 aliphatic rings. The van der Waals surface area contributed by atoms with E-state index in [0.29, 0.717) is 21.7 Å². The Labute approximate surface area is 106 Å². The van der Waals surface area contributed by atoms with Crippen LogP contribution in [0.25, 0.3) is 0 Å². The maximum atomic E-state index is 11.1. The molecule has 0 saturated heterocycles. The fraction of sp³-hybridized carbons (Fsp3) is 0. The number of nitrogens with two attached hydrogens (primary N) is 1. The number of nitrogens with one attached hydrogen (secondary N) is 1. The van der Waals surface area contributed by atoms with Crippen LogP contribution in [0.15, 0.2) is 41.4 Å². The SMILES string of the molecule is N[SH+](=O)c1cccc(Nc2nccc(Cl)n2)c1.